The van der Waals surface area contributed by atoms with E-state index in [1.54, 1.807) is 24.3 Å². The summed E-state index contributed by atoms with van der Waals surface area (Å²) < 4.78 is 5.04. The Balaban J connectivity index is 2.65. The fraction of sp³-hybridized carbons (Fsp3) is 0.273. The number of carboxylic acids is 1. The molecule has 0 heterocycles. The van der Waals surface area contributed by atoms with Gasteiger partial charge in [-0.25, -0.2) is 0 Å². The first-order valence-electron chi connectivity index (χ1n) is 4.96. The van der Waals surface area contributed by atoms with E-state index in [-0.39, 0.29) is 6.42 Å². The minimum Gasteiger partial charge on any atom is -0.495 e. The van der Waals surface area contributed by atoms with Gasteiger partial charge in [-0.15, -0.1) is 0 Å². The van der Waals surface area contributed by atoms with Crippen LogP contribution in [0.1, 0.15) is 6.42 Å². The summed E-state index contributed by atoms with van der Waals surface area (Å²) in [4.78, 5) is 22.0. The van der Waals surface area contributed by atoms with Gasteiger partial charge in [0.25, 0.3) is 0 Å². The highest BCUT2D eigenvalue weighted by Gasteiger charge is 2.17. The van der Waals surface area contributed by atoms with Gasteiger partial charge in [-0.3, -0.25) is 9.59 Å². The Kier molecular flexibility index (Phi) is 4.47. The normalized spacial score (nSPS) is 11.6. The van der Waals surface area contributed by atoms with E-state index in [0.717, 1.165) is 0 Å². The fourth-order valence-electron chi connectivity index (χ4n) is 1.24. The van der Waals surface area contributed by atoms with Crippen molar-refractivity contribution in [1.29, 1.82) is 0 Å². The predicted octanol–water partition coefficient (Wildman–Crippen LogP) is 0.436. The lowest BCUT2D eigenvalue weighted by molar-refractivity contribution is -0.140. The molecule has 0 aliphatic carbocycles. The van der Waals surface area contributed by atoms with Crippen LogP contribution in [0.4, 0.5) is 5.69 Å². The van der Waals surface area contributed by atoms with E-state index in [0.29, 0.717) is 11.4 Å². The molecule has 17 heavy (non-hydrogen) atoms. The Labute approximate surface area is 98.4 Å². The molecule has 0 bridgehead atoms. The van der Waals surface area contributed by atoms with E-state index in [1.165, 1.54) is 7.11 Å². The Hall–Kier alpha value is -2.08. The number of para-hydroxylation sites is 2. The van der Waals surface area contributed by atoms with Crippen LogP contribution in [-0.4, -0.2) is 30.1 Å². The quantitative estimate of drug-likeness (QED) is 0.690. The number of methoxy groups -OCH3 is 1. The van der Waals surface area contributed by atoms with Crippen molar-refractivity contribution in [2.45, 2.75) is 12.5 Å². The van der Waals surface area contributed by atoms with Crippen LogP contribution in [-0.2, 0) is 9.59 Å². The molecule has 0 aromatic heterocycles. The van der Waals surface area contributed by atoms with Crippen molar-refractivity contribution >= 4 is 17.6 Å². The van der Waals surface area contributed by atoms with Crippen molar-refractivity contribution in [3.8, 4) is 5.75 Å². The number of hydrogen-bond acceptors (Lipinski definition) is 4. The zero-order chi connectivity index (χ0) is 12.8. The Morgan fingerprint density at radius 1 is 1.47 bits per heavy atom. The average molecular weight is 238 g/mol. The maximum absolute atomic E-state index is 11.5. The van der Waals surface area contributed by atoms with E-state index >= 15 is 0 Å². The van der Waals surface area contributed by atoms with Crippen LogP contribution in [0, 0.1) is 0 Å². The monoisotopic (exact) mass is 238 g/mol. The van der Waals surface area contributed by atoms with Gasteiger partial charge in [0.15, 0.2) is 0 Å². The van der Waals surface area contributed by atoms with E-state index < -0.39 is 17.9 Å². The Morgan fingerprint density at radius 2 is 2.12 bits per heavy atom. The molecule has 0 aliphatic rings. The zero-order valence-corrected chi connectivity index (χ0v) is 9.34. The summed E-state index contributed by atoms with van der Waals surface area (Å²) in [6, 6.07) is 5.63. The number of carbonyl (C=O) groups is 2. The van der Waals surface area contributed by atoms with Crippen molar-refractivity contribution in [2.75, 3.05) is 12.4 Å². The number of carboxylic acid groups (broad SMARTS) is 1. The molecule has 0 saturated heterocycles. The zero-order valence-electron chi connectivity index (χ0n) is 9.34. The van der Waals surface area contributed by atoms with Crippen LogP contribution in [0.3, 0.4) is 0 Å². The fourth-order valence-corrected chi connectivity index (χ4v) is 1.24. The number of anilines is 1. The van der Waals surface area contributed by atoms with Crippen molar-refractivity contribution in [3.05, 3.63) is 24.3 Å². The number of ether oxygens (including phenoxy) is 1. The molecule has 1 aromatic rings. The SMILES string of the molecule is COc1ccccc1NC(=O)CC(N)C(=O)O. The average Bonchev–Trinajstić information content (AvgIpc) is 2.29. The summed E-state index contributed by atoms with van der Waals surface area (Å²) in [5.41, 5.74) is 5.73. The number of nitrogens with one attached hydrogen (secondary N) is 1. The van der Waals surface area contributed by atoms with Crippen LogP contribution in [0.2, 0.25) is 0 Å². The molecule has 92 valence electrons. The van der Waals surface area contributed by atoms with Gasteiger partial charge in [0.05, 0.1) is 19.2 Å². The van der Waals surface area contributed by atoms with E-state index in [2.05, 4.69) is 5.32 Å². The largest absolute Gasteiger partial charge is 0.495 e. The maximum Gasteiger partial charge on any atom is 0.321 e. The number of benzene rings is 1. The summed E-state index contributed by atoms with van der Waals surface area (Å²) in [7, 11) is 1.48. The molecule has 0 aliphatic heterocycles. The van der Waals surface area contributed by atoms with Gasteiger partial charge in [0, 0.05) is 0 Å². The minimum absolute atomic E-state index is 0.284. The maximum atomic E-state index is 11.5. The lowest BCUT2D eigenvalue weighted by Crippen LogP contribution is -2.34. The number of hydrogen-bond donors (Lipinski definition) is 3. The second-order valence-corrected chi connectivity index (χ2v) is 3.40. The van der Waals surface area contributed by atoms with Gasteiger partial charge < -0.3 is 20.9 Å². The van der Waals surface area contributed by atoms with Crippen molar-refractivity contribution in [2.24, 2.45) is 5.73 Å². The summed E-state index contributed by atoms with van der Waals surface area (Å²) in [5.74, 6) is -1.17. The molecule has 0 fully saturated rings. The Bertz CT molecular complexity index is 420. The second-order valence-electron chi connectivity index (χ2n) is 3.40. The third-order valence-electron chi connectivity index (χ3n) is 2.10. The molecule has 0 spiro atoms. The standard InChI is InChI=1S/C11H14N2O4/c1-17-9-5-3-2-4-8(9)13-10(14)6-7(12)11(15)16/h2-5,7H,6,12H2,1H3,(H,13,14)(H,15,16). The Morgan fingerprint density at radius 3 is 2.71 bits per heavy atom. The molecule has 0 saturated carbocycles. The molecule has 4 N–H and O–H groups in total. The third kappa shape index (κ3) is 3.76. The summed E-state index contributed by atoms with van der Waals surface area (Å²) in [6.45, 7) is 0. The first kappa shape index (κ1) is 13.0. The summed E-state index contributed by atoms with van der Waals surface area (Å²) >= 11 is 0. The first-order chi connectivity index (χ1) is 8.04. The van der Waals surface area contributed by atoms with Gasteiger partial charge in [0.2, 0.25) is 5.91 Å². The molecule has 1 atom stereocenters. The number of aliphatic carboxylic acids is 1. The molecule has 1 amide bonds. The summed E-state index contributed by atoms with van der Waals surface area (Å²) in [5, 5.41) is 11.1. The summed E-state index contributed by atoms with van der Waals surface area (Å²) in [6.07, 6.45) is -0.284. The van der Waals surface area contributed by atoms with Crippen molar-refractivity contribution < 1.29 is 19.4 Å². The topological polar surface area (TPSA) is 102 Å². The van der Waals surface area contributed by atoms with Crippen LogP contribution in [0.15, 0.2) is 24.3 Å². The molecule has 6 nitrogen and oxygen atoms in total. The molecule has 1 unspecified atom stereocenters. The molecule has 6 heteroatoms. The highest BCUT2D eigenvalue weighted by atomic mass is 16.5. The number of nitrogens with two attached hydrogens (primary N) is 1. The third-order valence-corrected chi connectivity index (χ3v) is 2.10. The predicted molar refractivity (Wildman–Crippen MR) is 61.9 cm³/mol. The van der Waals surface area contributed by atoms with Crippen LogP contribution >= 0.6 is 0 Å². The first-order valence-corrected chi connectivity index (χ1v) is 4.96. The van der Waals surface area contributed by atoms with Gasteiger partial charge in [-0.1, -0.05) is 12.1 Å². The van der Waals surface area contributed by atoms with Crippen LogP contribution in [0.5, 0.6) is 5.75 Å². The lowest BCUT2D eigenvalue weighted by atomic mass is 10.2. The van der Waals surface area contributed by atoms with Gasteiger partial charge >= 0.3 is 5.97 Å². The smallest absolute Gasteiger partial charge is 0.321 e. The van der Waals surface area contributed by atoms with Crippen LogP contribution < -0.4 is 15.8 Å². The van der Waals surface area contributed by atoms with E-state index in [9.17, 15) is 9.59 Å². The molecule has 1 aromatic carbocycles. The van der Waals surface area contributed by atoms with Gasteiger partial charge in [-0.05, 0) is 12.1 Å². The minimum atomic E-state index is -1.21. The number of amides is 1. The van der Waals surface area contributed by atoms with Gasteiger partial charge in [-0.2, -0.15) is 0 Å². The van der Waals surface area contributed by atoms with Crippen LogP contribution in [0.25, 0.3) is 0 Å². The molecular weight excluding hydrogens is 224 g/mol. The molecule has 0 radical (unpaired) electrons. The highest BCUT2D eigenvalue weighted by molar-refractivity contribution is 5.95. The van der Waals surface area contributed by atoms with E-state index in [4.69, 9.17) is 15.6 Å². The highest BCUT2D eigenvalue weighted by Crippen LogP contribution is 2.23. The number of rotatable bonds is 5. The molecular formula is C11H14N2O4. The lowest BCUT2D eigenvalue weighted by Gasteiger charge is -2.10. The van der Waals surface area contributed by atoms with Crippen molar-refractivity contribution in [1.82, 2.24) is 0 Å². The van der Waals surface area contributed by atoms with Gasteiger partial charge in [0.1, 0.15) is 11.8 Å². The second kappa shape index (κ2) is 5.86. The number of carbonyl (C=O) groups excluding carboxylic acids is 1. The van der Waals surface area contributed by atoms with E-state index in [1.807, 2.05) is 0 Å². The molecule has 1 rings (SSSR count). The van der Waals surface area contributed by atoms with Crippen molar-refractivity contribution in [3.63, 3.8) is 0 Å².